The van der Waals surface area contributed by atoms with E-state index in [9.17, 15) is 0 Å². The molecule has 0 aliphatic heterocycles. The number of para-hydroxylation sites is 1. The highest BCUT2D eigenvalue weighted by atomic mass is 15.5. The fraction of sp³-hybridized carbons (Fsp3) is 0.455. The van der Waals surface area contributed by atoms with Gasteiger partial charge in [-0.15, -0.1) is 0 Å². The molecule has 0 heterocycles. The fourth-order valence-electron chi connectivity index (χ4n) is 1.14. The summed E-state index contributed by atoms with van der Waals surface area (Å²) in [6.45, 7) is 2.05. The van der Waals surface area contributed by atoms with Crippen molar-refractivity contribution in [2.24, 2.45) is 0 Å². The summed E-state index contributed by atoms with van der Waals surface area (Å²) < 4.78 is 0. The largest absolute Gasteiger partial charge is 0.319 e. The lowest BCUT2D eigenvalue weighted by molar-refractivity contribution is 0.318. The zero-order valence-electron chi connectivity index (χ0n) is 9.20. The van der Waals surface area contributed by atoms with Gasteiger partial charge in [-0.3, -0.25) is 0 Å². The molecule has 0 bridgehead atoms. The lowest BCUT2D eigenvalue weighted by Crippen LogP contribution is -2.32. The summed E-state index contributed by atoms with van der Waals surface area (Å²) in [6, 6.07) is 10.2. The maximum absolute atomic E-state index is 3.30. The normalized spacial score (nSPS) is 10.9. The van der Waals surface area contributed by atoms with Crippen LogP contribution in [0.5, 0.6) is 0 Å². The van der Waals surface area contributed by atoms with Crippen molar-refractivity contribution in [3.05, 3.63) is 30.3 Å². The minimum Gasteiger partial charge on any atom is -0.319 e. The second kappa shape index (κ2) is 5.62. The summed E-state index contributed by atoms with van der Waals surface area (Å²) >= 11 is 0. The molecule has 78 valence electrons. The zero-order chi connectivity index (χ0) is 10.4. The van der Waals surface area contributed by atoms with Gasteiger partial charge in [0.2, 0.25) is 0 Å². The fourth-order valence-corrected chi connectivity index (χ4v) is 1.14. The average molecular weight is 193 g/mol. The van der Waals surface area contributed by atoms with Gasteiger partial charge in [-0.25, -0.2) is 5.01 Å². The van der Waals surface area contributed by atoms with Crippen LogP contribution in [0.25, 0.3) is 0 Å². The lowest BCUT2D eigenvalue weighted by Gasteiger charge is -2.21. The maximum atomic E-state index is 3.30. The Hall–Kier alpha value is -1.06. The third-order valence-corrected chi connectivity index (χ3v) is 1.98. The van der Waals surface area contributed by atoms with E-state index >= 15 is 0 Å². The SMILES string of the molecule is CN(C)CCN(C)Nc1ccccc1. The maximum Gasteiger partial charge on any atom is 0.0489 e. The third kappa shape index (κ3) is 4.25. The Morgan fingerprint density at radius 1 is 1.00 bits per heavy atom. The molecular weight excluding hydrogens is 174 g/mol. The molecule has 14 heavy (non-hydrogen) atoms. The number of anilines is 1. The molecule has 1 N–H and O–H groups in total. The molecule has 0 aliphatic rings. The van der Waals surface area contributed by atoms with Gasteiger partial charge in [-0.05, 0) is 26.2 Å². The number of hydrogen-bond acceptors (Lipinski definition) is 3. The molecule has 0 radical (unpaired) electrons. The van der Waals surface area contributed by atoms with Crippen LogP contribution in [0, 0.1) is 0 Å². The van der Waals surface area contributed by atoms with Crippen LogP contribution in [0.1, 0.15) is 0 Å². The summed E-state index contributed by atoms with van der Waals surface area (Å²) in [7, 11) is 6.21. The van der Waals surface area contributed by atoms with Crippen LogP contribution in [0.2, 0.25) is 0 Å². The minimum atomic E-state index is 1.00. The van der Waals surface area contributed by atoms with Crippen molar-refractivity contribution in [2.45, 2.75) is 0 Å². The van der Waals surface area contributed by atoms with Gasteiger partial charge in [0, 0.05) is 25.8 Å². The molecule has 0 aromatic heterocycles. The van der Waals surface area contributed by atoms with Gasteiger partial charge in [0.25, 0.3) is 0 Å². The van der Waals surface area contributed by atoms with Gasteiger partial charge >= 0.3 is 0 Å². The van der Waals surface area contributed by atoms with E-state index in [-0.39, 0.29) is 0 Å². The van der Waals surface area contributed by atoms with Gasteiger partial charge in [0.05, 0.1) is 0 Å². The molecule has 0 atom stereocenters. The molecule has 0 saturated carbocycles. The lowest BCUT2D eigenvalue weighted by atomic mass is 10.3. The monoisotopic (exact) mass is 193 g/mol. The quantitative estimate of drug-likeness (QED) is 0.715. The van der Waals surface area contributed by atoms with Crippen molar-refractivity contribution in [3.63, 3.8) is 0 Å². The standard InChI is InChI=1S/C11H19N3/c1-13(2)9-10-14(3)12-11-7-5-4-6-8-11/h4-8,12H,9-10H2,1-3H3. The first-order chi connectivity index (χ1) is 6.68. The molecule has 0 saturated heterocycles. The predicted octanol–water partition coefficient (Wildman–Crippen LogP) is 1.51. The summed E-state index contributed by atoms with van der Waals surface area (Å²) in [5.74, 6) is 0. The predicted molar refractivity (Wildman–Crippen MR) is 61.2 cm³/mol. The number of hydrazine groups is 1. The summed E-state index contributed by atoms with van der Waals surface area (Å²) in [4.78, 5) is 2.17. The molecule has 1 rings (SSSR count). The second-order valence-corrected chi connectivity index (χ2v) is 3.70. The van der Waals surface area contributed by atoms with Crippen molar-refractivity contribution >= 4 is 5.69 Å². The van der Waals surface area contributed by atoms with Crippen LogP contribution >= 0.6 is 0 Å². The molecule has 0 unspecified atom stereocenters. The van der Waals surface area contributed by atoms with E-state index in [0.717, 1.165) is 18.8 Å². The van der Waals surface area contributed by atoms with E-state index in [1.54, 1.807) is 0 Å². The van der Waals surface area contributed by atoms with Gasteiger partial charge in [-0.1, -0.05) is 18.2 Å². The Bertz CT molecular complexity index is 246. The molecule has 3 heteroatoms. The highest BCUT2D eigenvalue weighted by molar-refractivity contribution is 5.41. The topological polar surface area (TPSA) is 18.5 Å². The Kier molecular flexibility index (Phi) is 4.43. The van der Waals surface area contributed by atoms with Crippen LogP contribution in [0.4, 0.5) is 5.69 Å². The van der Waals surface area contributed by atoms with E-state index in [0.29, 0.717) is 0 Å². The first-order valence-corrected chi connectivity index (χ1v) is 4.86. The second-order valence-electron chi connectivity index (χ2n) is 3.70. The smallest absolute Gasteiger partial charge is 0.0489 e. The van der Waals surface area contributed by atoms with Crippen molar-refractivity contribution in [3.8, 4) is 0 Å². The van der Waals surface area contributed by atoms with Crippen LogP contribution in [-0.2, 0) is 0 Å². The van der Waals surface area contributed by atoms with E-state index < -0.39 is 0 Å². The molecular formula is C11H19N3. The minimum absolute atomic E-state index is 1.00. The molecule has 0 fully saturated rings. The Balaban J connectivity index is 2.30. The Labute approximate surface area is 86.3 Å². The Morgan fingerprint density at radius 3 is 2.21 bits per heavy atom. The third-order valence-electron chi connectivity index (χ3n) is 1.98. The number of benzene rings is 1. The van der Waals surface area contributed by atoms with E-state index in [4.69, 9.17) is 0 Å². The van der Waals surface area contributed by atoms with Crippen LogP contribution in [0.15, 0.2) is 30.3 Å². The van der Waals surface area contributed by atoms with Crippen LogP contribution in [0.3, 0.4) is 0 Å². The average Bonchev–Trinajstić information content (AvgIpc) is 2.16. The van der Waals surface area contributed by atoms with E-state index in [1.165, 1.54) is 0 Å². The van der Waals surface area contributed by atoms with Crippen LogP contribution < -0.4 is 5.43 Å². The van der Waals surface area contributed by atoms with Crippen molar-refractivity contribution < 1.29 is 0 Å². The van der Waals surface area contributed by atoms with E-state index in [2.05, 4.69) is 48.6 Å². The molecule has 0 amide bonds. The highest BCUT2D eigenvalue weighted by Crippen LogP contribution is 2.05. The van der Waals surface area contributed by atoms with Crippen molar-refractivity contribution in [2.75, 3.05) is 39.7 Å². The number of rotatable bonds is 5. The molecule has 1 aromatic carbocycles. The summed E-state index contributed by atoms with van der Waals surface area (Å²) in [5, 5.41) is 2.09. The summed E-state index contributed by atoms with van der Waals surface area (Å²) in [5.41, 5.74) is 4.44. The zero-order valence-corrected chi connectivity index (χ0v) is 9.20. The van der Waals surface area contributed by atoms with Gasteiger partial charge in [0.15, 0.2) is 0 Å². The Morgan fingerprint density at radius 2 is 1.64 bits per heavy atom. The van der Waals surface area contributed by atoms with Crippen LogP contribution in [-0.4, -0.2) is 44.1 Å². The number of nitrogens with one attached hydrogen (secondary N) is 1. The molecule has 1 aromatic rings. The first kappa shape index (κ1) is 11.0. The summed E-state index contributed by atoms with van der Waals surface area (Å²) in [6.07, 6.45) is 0. The number of nitrogens with zero attached hydrogens (tertiary/aromatic N) is 2. The number of likely N-dealkylation sites (N-methyl/N-ethyl adjacent to an activating group) is 2. The van der Waals surface area contributed by atoms with Gasteiger partial charge in [-0.2, -0.15) is 0 Å². The van der Waals surface area contributed by atoms with Crippen molar-refractivity contribution in [1.29, 1.82) is 0 Å². The first-order valence-electron chi connectivity index (χ1n) is 4.86. The molecule has 3 nitrogen and oxygen atoms in total. The van der Waals surface area contributed by atoms with E-state index in [1.807, 2.05) is 18.2 Å². The number of hydrogen-bond donors (Lipinski definition) is 1. The highest BCUT2D eigenvalue weighted by Gasteiger charge is 1.98. The van der Waals surface area contributed by atoms with Gasteiger partial charge < -0.3 is 10.3 Å². The van der Waals surface area contributed by atoms with Gasteiger partial charge in [0.1, 0.15) is 0 Å². The molecule has 0 spiro atoms. The van der Waals surface area contributed by atoms with Crippen molar-refractivity contribution in [1.82, 2.24) is 9.91 Å². The molecule has 0 aliphatic carbocycles.